The predicted octanol–water partition coefficient (Wildman–Crippen LogP) is 1.82. The van der Waals surface area contributed by atoms with Crippen molar-refractivity contribution in [3.8, 4) is 11.4 Å². The summed E-state index contributed by atoms with van der Waals surface area (Å²) in [6.45, 7) is 1.87. The topological polar surface area (TPSA) is 69.1 Å². The number of rotatable bonds is 1. The molecular formula is C12H10FN5. The van der Waals surface area contributed by atoms with E-state index in [0.717, 1.165) is 5.69 Å². The van der Waals surface area contributed by atoms with Gasteiger partial charge in [-0.3, -0.25) is 0 Å². The first-order valence-electron chi connectivity index (χ1n) is 5.39. The number of halogens is 1. The zero-order chi connectivity index (χ0) is 12.7. The van der Waals surface area contributed by atoms with Crippen molar-refractivity contribution < 1.29 is 4.39 Å². The van der Waals surface area contributed by atoms with Gasteiger partial charge in [-0.2, -0.15) is 9.61 Å². The zero-order valence-corrected chi connectivity index (χ0v) is 9.63. The highest BCUT2D eigenvalue weighted by molar-refractivity contribution is 5.72. The summed E-state index contributed by atoms with van der Waals surface area (Å²) in [7, 11) is 0. The van der Waals surface area contributed by atoms with Crippen molar-refractivity contribution in [3.63, 3.8) is 0 Å². The van der Waals surface area contributed by atoms with E-state index in [0.29, 0.717) is 22.7 Å². The molecule has 0 spiro atoms. The molecule has 0 unspecified atom stereocenters. The van der Waals surface area contributed by atoms with Crippen LogP contribution in [0.1, 0.15) is 5.69 Å². The molecule has 6 heteroatoms. The summed E-state index contributed by atoms with van der Waals surface area (Å²) in [6, 6.07) is 7.83. The van der Waals surface area contributed by atoms with Crippen LogP contribution in [0, 0.1) is 12.7 Å². The van der Waals surface area contributed by atoms with Crippen LogP contribution < -0.4 is 5.73 Å². The number of hydrogen-bond donors (Lipinski definition) is 1. The summed E-state index contributed by atoms with van der Waals surface area (Å²) in [6.07, 6.45) is 0. The van der Waals surface area contributed by atoms with E-state index >= 15 is 0 Å². The van der Waals surface area contributed by atoms with Gasteiger partial charge in [0, 0.05) is 11.3 Å². The Balaban J connectivity index is 2.28. The average Bonchev–Trinajstić information content (AvgIpc) is 2.72. The van der Waals surface area contributed by atoms with Gasteiger partial charge in [-0.15, -0.1) is 10.2 Å². The van der Waals surface area contributed by atoms with Gasteiger partial charge in [-0.25, -0.2) is 4.39 Å². The molecule has 0 bridgehead atoms. The molecule has 0 saturated heterocycles. The highest BCUT2D eigenvalue weighted by Gasteiger charge is 2.12. The van der Waals surface area contributed by atoms with E-state index in [1.54, 1.807) is 10.6 Å². The van der Waals surface area contributed by atoms with Gasteiger partial charge in [0.05, 0.1) is 5.69 Å². The molecule has 0 fully saturated rings. The highest BCUT2D eigenvalue weighted by atomic mass is 19.1. The van der Waals surface area contributed by atoms with Gasteiger partial charge in [0.2, 0.25) is 0 Å². The third kappa shape index (κ3) is 1.58. The van der Waals surface area contributed by atoms with Crippen LogP contribution in [0.3, 0.4) is 0 Å². The Hall–Kier alpha value is -2.50. The van der Waals surface area contributed by atoms with Crippen LogP contribution in [0.25, 0.3) is 17.0 Å². The maximum Gasteiger partial charge on any atom is 0.187 e. The second-order valence-electron chi connectivity index (χ2n) is 4.00. The molecule has 0 amide bonds. The highest BCUT2D eigenvalue weighted by Crippen LogP contribution is 2.24. The molecule has 0 aliphatic heterocycles. The molecule has 0 radical (unpaired) electrons. The summed E-state index contributed by atoms with van der Waals surface area (Å²) in [5, 5.41) is 12.4. The molecule has 0 atom stereocenters. The lowest BCUT2D eigenvalue weighted by molar-refractivity contribution is 0.628. The molecule has 0 saturated carbocycles. The second kappa shape index (κ2) is 3.76. The fourth-order valence-corrected chi connectivity index (χ4v) is 1.79. The van der Waals surface area contributed by atoms with Crippen LogP contribution >= 0.6 is 0 Å². The van der Waals surface area contributed by atoms with Crippen LogP contribution in [-0.2, 0) is 0 Å². The van der Waals surface area contributed by atoms with Gasteiger partial charge in [0.15, 0.2) is 11.5 Å². The van der Waals surface area contributed by atoms with Crippen LogP contribution in [0.2, 0.25) is 0 Å². The van der Waals surface area contributed by atoms with Gasteiger partial charge in [0.1, 0.15) is 5.82 Å². The van der Waals surface area contributed by atoms with Crippen LogP contribution in [-0.4, -0.2) is 19.8 Å². The molecule has 0 aliphatic carbocycles. The molecular weight excluding hydrogens is 233 g/mol. The van der Waals surface area contributed by atoms with E-state index in [2.05, 4.69) is 15.3 Å². The Morgan fingerprint density at radius 3 is 2.78 bits per heavy atom. The quantitative estimate of drug-likeness (QED) is 0.662. The van der Waals surface area contributed by atoms with Crippen LogP contribution in [0.4, 0.5) is 10.1 Å². The van der Waals surface area contributed by atoms with Gasteiger partial charge in [-0.05, 0) is 37.3 Å². The molecule has 5 nitrogen and oxygen atoms in total. The van der Waals surface area contributed by atoms with Gasteiger partial charge >= 0.3 is 0 Å². The summed E-state index contributed by atoms with van der Waals surface area (Å²) in [4.78, 5) is 0. The Morgan fingerprint density at radius 2 is 2.00 bits per heavy atom. The minimum absolute atomic E-state index is 0.313. The Bertz CT molecular complexity index is 734. The van der Waals surface area contributed by atoms with Crippen molar-refractivity contribution in [1.82, 2.24) is 19.8 Å². The smallest absolute Gasteiger partial charge is 0.187 e. The molecule has 3 aromatic rings. The molecule has 0 aliphatic rings. The van der Waals surface area contributed by atoms with Gasteiger partial charge < -0.3 is 5.73 Å². The largest absolute Gasteiger partial charge is 0.398 e. The van der Waals surface area contributed by atoms with Gasteiger partial charge in [-0.1, -0.05) is 0 Å². The zero-order valence-electron chi connectivity index (χ0n) is 9.63. The number of benzene rings is 1. The minimum Gasteiger partial charge on any atom is -0.398 e. The van der Waals surface area contributed by atoms with Crippen LogP contribution in [0.15, 0.2) is 30.3 Å². The molecule has 18 heavy (non-hydrogen) atoms. The lowest BCUT2D eigenvalue weighted by Crippen LogP contribution is -1.99. The molecule has 2 N–H and O–H groups in total. The SMILES string of the molecule is Cc1ccc2nnc(-c3ccc(F)cc3N)n2n1. The van der Waals surface area contributed by atoms with E-state index in [4.69, 9.17) is 5.73 Å². The van der Waals surface area contributed by atoms with E-state index in [1.165, 1.54) is 12.1 Å². The fraction of sp³-hybridized carbons (Fsp3) is 0.0833. The molecule has 2 aromatic heterocycles. The first-order chi connectivity index (χ1) is 8.65. The molecule has 90 valence electrons. The number of nitrogen functional groups attached to an aromatic ring is 1. The molecule has 3 rings (SSSR count). The monoisotopic (exact) mass is 243 g/mol. The van der Waals surface area contributed by atoms with Crippen molar-refractivity contribution >= 4 is 11.3 Å². The number of nitrogens with two attached hydrogens (primary N) is 1. The van der Waals surface area contributed by atoms with E-state index in [-0.39, 0.29) is 5.82 Å². The van der Waals surface area contributed by atoms with Crippen molar-refractivity contribution in [3.05, 3.63) is 41.8 Å². The number of anilines is 1. The summed E-state index contributed by atoms with van der Waals surface area (Å²) in [5.41, 5.74) is 8.18. The average molecular weight is 243 g/mol. The maximum absolute atomic E-state index is 13.0. The fourth-order valence-electron chi connectivity index (χ4n) is 1.79. The first kappa shape index (κ1) is 10.6. The Labute approximate surface area is 102 Å². The second-order valence-corrected chi connectivity index (χ2v) is 4.00. The Morgan fingerprint density at radius 1 is 1.17 bits per heavy atom. The lowest BCUT2D eigenvalue weighted by Gasteiger charge is -2.03. The number of nitrogens with zero attached hydrogens (tertiary/aromatic N) is 4. The third-order valence-corrected chi connectivity index (χ3v) is 2.65. The lowest BCUT2D eigenvalue weighted by atomic mass is 10.1. The number of hydrogen-bond acceptors (Lipinski definition) is 4. The summed E-state index contributed by atoms with van der Waals surface area (Å²) in [5.74, 6) is 0.125. The Kier molecular flexibility index (Phi) is 2.22. The van der Waals surface area contributed by atoms with Crippen LogP contribution in [0.5, 0.6) is 0 Å². The minimum atomic E-state index is -0.380. The number of aromatic nitrogens is 4. The standard InChI is InChI=1S/C12H10FN5/c1-7-2-5-11-15-16-12(18(11)17-7)9-4-3-8(13)6-10(9)14/h2-6H,14H2,1H3. The van der Waals surface area contributed by atoms with Gasteiger partial charge in [0.25, 0.3) is 0 Å². The van der Waals surface area contributed by atoms with Crippen molar-refractivity contribution in [2.45, 2.75) is 6.92 Å². The van der Waals surface area contributed by atoms with Crippen molar-refractivity contribution in [2.75, 3.05) is 5.73 Å². The van der Waals surface area contributed by atoms with Crippen molar-refractivity contribution in [1.29, 1.82) is 0 Å². The van der Waals surface area contributed by atoms with E-state index in [9.17, 15) is 4.39 Å². The normalized spacial score (nSPS) is 11.0. The molecule has 1 aromatic carbocycles. The maximum atomic E-state index is 13.0. The molecule has 2 heterocycles. The summed E-state index contributed by atoms with van der Waals surface area (Å²) < 4.78 is 14.6. The first-order valence-corrected chi connectivity index (χ1v) is 5.39. The van der Waals surface area contributed by atoms with E-state index in [1.807, 2.05) is 19.1 Å². The summed E-state index contributed by atoms with van der Waals surface area (Å²) >= 11 is 0. The number of fused-ring (bicyclic) bond motifs is 1. The van der Waals surface area contributed by atoms with Crippen molar-refractivity contribution in [2.24, 2.45) is 0 Å². The third-order valence-electron chi connectivity index (χ3n) is 2.65. The van der Waals surface area contributed by atoms with E-state index < -0.39 is 0 Å². The number of aryl methyl sites for hydroxylation is 1. The predicted molar refractivity (Wildman–Crippen MR) is 65.3 cm³/mol.